The van der Waals surface area contributed by atoms with Crippen molar-refractivity contribution < 1.29 is 17.6 Å². The number of nitrogens with one attached hydrogen (secondary N) is 1. The number of halogens is 4. The largest absolute Gasteiger partial charge is 0.316 e. The van der Waals surface area contributed by atoms with Gasteiger partial charge in [0, 0.05) is 18.7 Å². The summed E-state index contributed by atoms with van der Waals surface area (Å²) in [5, 5.41) is 3.50. The van der Waals surface area contributed by atoms with Gasteiger partial charge in [-0.2, -0.15) is 0 Å². The Bertz CT molecular complexity index is 1030. The molecule has 35 heavy (non-hydrogen) atoms. The molecule has 0 aromatic heterocycles. The van der Waals surface area contributed by atoms with Crippen LogP contribution >= 0.6 is 0 Å². The third-order valence-electron chi connectivity index (χ3n) is 8.54. The van der Waals surface area contributed by atoms with Gasteiger partial charge in [0.25, 0.3) is 6.43 Å². The minimum atomic E-state index is -2.59. The number of fused-ring (bicyclic) bond motifs is 1. The van der Waals surface area contributed by atoms with Crippen LogP contribution in [0.5, 0.6) is 0 Å². The van der Waals surface area contributed by atoms with Gasteiger partial charge in [-0.1, -0.05) is 36.5 Å². The van der Waals surface area contributed by atoms with E-state index >= 15 is 8.78 Å². The molecular weight excluding hydrogens is 451 g/mol. The number of rotatable bonds is 5. The molecule has 2 aromatic rings. The third kappa shape index (κ3) is 5.31. The second kappa shape index (κ2) is 10.3. The van der Waals surface area contributed by atoms with Crippen molar-refractivity contribution in [3.8, 4) is 0 Å². The maximum absolute atomic E-state index is 15.6. The van der Waals surface area contributed by atoms with E-state index in [2.05, 4.69) is 5.32 Å². The molecule has 2 radical (unpaired) electrons. The minimum Gasteiger partial charge on any atom is -0.316 e. The summed E-state index contributed by atoms with van der Waals surface area (Å²) >= 11 is 0. The molecule has 1 N–H and O–H groups in total. The van der Waals surface area contributed by atoms with Crippen LogP contribution < -0.4 is 10.8 Å². The molecule has 2 fully saturated rings. The van der Waals surface area contributed by atoms with Crippen LogP contribution in [0.3, 0.4) is 0 Å². The maximum Gasteiger partial charge on any atom is 0.251 e. The first kappa shape index (κ1) is 24.8. The second-order valence-corrected chi connectivity index (χ2v) is 10.9. The summed E-state index contributed by atoms with van der Waals surface area (Å²) in [7, 11) is 5.91. The van der Waals surface area contributed by atoms with Gasteiger partial charge in [-0.05, 0) is 85.2 Å². The first-order valence-corrected chi connectivity index (χ1v) is 12.9. The standard InChI is InChI=1S/C28H33BF4N2/c29-21-3-4-22-20(15-21)6-11-35(16-25(32)33)27(22)26-23(30)13-19(14-24(26)31)12-18-2-1-7-28(8-5-18)9-10-34-17-28/h3-4,13-15,18,25,27,34H,1-2,5-12,16-17H2. The average molecular weight is 484 g/mol. The molecule has 1 spiro atoms. The summed E-state index contributed by atoms with van der Waals surface area (Å²) in [6.45, 7) is 1.93. The lowest BCUT2D eigenvalue weighted by Crippen LogP contribution is -2.40. The fourth-order valence-electron chi connectivity index (χ4n) is 6.73. The van der Waals surface area contributed by atoms with E-state index in [1.54, 1.807) is 18.2 Å². The molecule has 2 heterocycles. The molecule has 0 bridgehead atoms. The monoisotopic (exact) mass is 484 g/mol. The molecule has 1 saturated carbocycles. The van der Waals surface area contributed by atoms with Crippen molar-refractivity contribution >= 4 is 13.3 Å². The highest BCUT2D eigenvalue weighted by molar-refractivity contribution is 6.32. The van der Waals surface area contributed by atoms with Gasteiger partial charge in [-0.15, -0.1) is 0 Å². The zero-order chi connectivity index (χ0) is 24.6. The molecule has 3 aliphatic rings. The Morgan fingerprint density at radius 3 is 2.57 bits per heavy atom. The molecular formula is C28H33BF4N2. The Labute approximate surface area is 206 Å². The highest BCUT2D eigenvalue weighted by Gasteiger charge is 2.37. The predicted octanol–water partition coefficient (Wildman–Crippen LogP) is 5.07. The van der Waals surface area contributed by atoms with E-state index in [0.29, 0.717) is 47.3 Å². The Morgan fingerprint density at radius 1 is 1.06 bits per heavy atom. The maximum atomic E-state index is 15.6. The van der Waals surface area contributed by atoms with E-state index in [1.165, 1.54) is 29.9 Å². The Kier molecular flexibility index (Phi) is 7.27. The molecule has 2 nitrogen and oxygen atoms in total. The highest BCUT2D eigenvalue weighted by atomic mass is 19.3. The fourth-order valence-corrected chi connectivity index (χ4v) is 6.73. The molecule has 7 heteroatoms. The van der Waals surface area contributed by atoms with E-state index in [1.807, 2.05) is 0 Å². The van der Waals surface area contributed by atoms with Crippen LogP contribution in [0.25, 0.3) is 0 Å². The van der Waals surface area contributed by atoms with Gasteiger partial charge >= 0.3 is 0 Å². The number of nitrogens with zero attached hydrogens (tertiary/aromatic N) is 1. The fraction of sp³-hybridized carbons (Fsp3) is 0.571. The molecule has 3 unspecified atom stereocenters. The van der Waals surface area contributed by atoms with Crippen LogP contribution in [0.2, 0.25) is 0 Å². The first-order chi connectivity index (χ1) is 16.8. The summed E-state index contributed by atoms with van der Waals surface area (Å²) in [4.78, 5) is 1.49. The molecule has 2 aromatic carbocycles. The van der Waals surface area contributed by atoms with Crippen LogP contribution in [0.1, 0.15) is 66.8 Å². The average Bonchev–Trinajstić information content (AvgIpc) is 3.17. The smallest absolute Gasteiger partial charge is 0.251 e. The Morgan fingerprint density at radius 2 is 1.86 bits per heavy atom. The van der Waals surface area contributed by atoms with Gasteiger partial charge in [-0.25, -0.2) is 17.6 Å². The van der Waals surface area contributed by atoms with Crippen LogP contribution in [0.4, 0.5) is 17.6 Å². The Balaban J connectivity index is 1.40. The van der Waals surface area contributed by atoms with Crippen molar-refractivity contribution in [3.63, 3.8) is 0 Å². The number of benzene rings is 2. The van der Waals surface area contributed by atoms with Gasteiger partial charge < -0.3 is 5.32 Å². The molecule has 3 atom stereocenters. The van der Waals surface area contributed by atoms with Crippen LogP contribution in [0.15, 0.2) is 30.3 Å². The topological polar surface area (TPSA) is 15.3 Å². The summed E-state index contributed by atoms with van der Waals surface area (Å²) in [5.74, 6) is -0.897. The lowest BCUT2D eigenvalue weighted by atomic mass is 9.79. The lowest BCUT2D eigenvalue weighted by Gasteiger charge is -2.38. The van der Waals surface area contributed by atoms with Crippen LogP contribution in [0, 0.1) is 23.0 Å². The zero-order valence-electron chi connectivity index (χ0n) is 20.1. The molecule has 1 aliphatic carbocycles. The van der Waals surface area contributed by atoms with E-state index in [4.69, 9.17) is 7.85 Å². The summed E-state index contributed by atoms with van der Waals surface area (Å²) < 4.78 is 57.9. The number of hydrogen-bond donors (Lipinski definition) is 1. The summed E-state index contributed by atoms with van der Waals surface area (Å²) in [6, 6.07) is 7.14. The van der Waals surface area contributed by atoms with E-state index in [-0.39, 0.29) is 5.56 Å². The minimum absolute atomic E-state index is 0.142. The van der Waals surface area contributed by atoms with Crippen molar-refractivity contribution in [1.29, 1.82) is 0 Å². The van der Waals surface area contributed by atoms with Crippen molar-refractivity contribution in [2.45, 2.75) is 63.8 Å². The highest BCUT2D eigenvalue weighted by Crippen LogP contribution is 2.43. The van der Waals surface area contributed by atoms with E-state index < -0.39 is 30.6 Å². The third-order valence-corrected chi connectivity index (χ3v) is 8.54. The normalized spacial score (nSPS) is 27.3. The Hall–Kier alpha value is -1.86. The van der Waals surface area contributed by atoms with Crippen molar-refractivity contribution in [2.24, 2.45) is 11.3 Å². The predicted molar refractivity (Wildman–Crippen MR) is 132 cm³/mol. The van der Waals surface area contributed by atoms with Gasteiger partial charge in [0.1, 0.15) is 19.5 Å². The van der Waals surface area contributed by atoms with Crippen molar-refractivity contribution in [2.75, 3.05) is 26.2 Å². The van der Waals surface area contributed by atoms with Gasteiger partial charge in [0.15, 0.2) is 0 Å². The quantitative estimate of drug-likeness (QED) is 0.471. The molecule has 0 amide bonds. The summed E-state index contributed by atoms with van der Waals surface area (Å²) in [5.41, 5.74) is 2.98. The van der Waals surface area contributed by atoms with Crippen molar-refractivity contribution in [3.05, 3.63) is 64.2 Å². The van der Waals surface area contributed by atoms with Gasteiger partial charge in [0.05, 0.1) is 12.6 Å². The van der Waals surface area contributed by atoms with E-state index in [0.717, 1.165) is 44.3 Å². The molecule has 2 aliphatic heterocycles. The molecule has 1 saturated heterocycles. The van der Waals surface area contributed by atoms with Crippen molar-refractivity contribution in [1.82, 2.24) is 10.2 Å². The molecule has 5 rings (SSSR count). The van der Waals surface area contributed by atoms with Gasteiger partial charge in [0.2, 0.25) is 0 Å². The molecule has 186 valence electrons. The lowest BCUT2D eigenvalue weighted by molar-refractivity contribution is 0.0686. The number of alkyl halides is 2. The van der Waals surface area contributed by atoms with Gasteiger partial charge in [-0.3, -0.25) is 4.90 Å². The van der Waals surface area contributed by atoms with Crippen LogP contribution in [-0.2, 0) is 12.8 Å². The zero-order valence-corrected chi connectivity index (χ0v) is 20.1. The second-order valence-electron chi connectivity index (χ2n) is 10.9. The van der Waals surface area contributed by atoms with E-state index in [9.17, 15) is 8.78 Å². The summed E-state index contributed by atoms with van der Waals surface area (Å²) in [6.07, 6.45) is 5.49. The number of hydrogen-bond acceptors (Lipinski definition) is 2. The van der Waals surface area contributed by atoms with Crippen LogP contribution in [-0.4, -0.2) is 45.4 Å². The first-order valence-electron chi connectivity index (χ1n) is 12.9. The SMILES string of the molecule is [B]c1ccc2c(c1)CCN(CC(F)F)C2c1c(F)cc(CC2CCCC3(CCNC3)CC2)cc1F.